The molecule has 0 aliphatic carbocycles. The van der Waals surface area contributed by atoms with Crippen molar-refractivity contribution in [2.75, 3.05) is 13.7 Å². The predicted molar refractivity (Wildman–Crippen MR) is 142 cm³/mol. The maximum Gasteiger partial charge on any atom is 0.311 e. The van der Waals surface area contributed by atoms with Crippen molar-refractivity contribution in [3.05, 3.63) is 94.3 Å². The fourth-order valence-corrected chi connectivity index (χ4v) is 4.29. The van der Waals surface area contributed by atoms with E-state index in [-0.39, 0.29) is 12.4 Å². The number of carbonyl (C=O) groups is 2. The molecule has 7 nitrogen and oxygen atoms in total. The topological polar surface area (TPSA) is 90.7 Å². The van der Waals surface area contributed by atoms with E-state index in [0.717, 1.165) is 33.5 Å². The van der Waals surface area contributed by atoms with E-state index >= 15 is 0 Å². The molecule has 0 radical (unpaired) electrons. The summed E-state index contributed by atoms with van der Waals surface area (Å²) in [6.45, 7) is 8.14. The molecule has 0 saturated heterocycles. The van der Waals surface area contributed by atoms with E-state index in [1.165, 1.54) is 0 Å². The number of aryl methyl sites for hydroxylation is 1. The molecule has 37 heavy (non-hydrogen) atoms. The van der Waals surface area contributed by atoms with E-state index in [0.29, 0.717) is 30.0 Å². The number of hydrogen-bond acceptors (Lipinski definition) is 5. The van der Waals surface area contributed by atoms with Crippen molar-refractivity contribution >= 4 is 22.8 Å². The number of methoxy groups -OCH3 is 1. The standard InChI is InChI=1S/C30H32N2O5/c1-19-9-14-25-26(27(33)23-10-12-24(36-5)13-11-23)20(2)32(28(25)31-19)16-21-7-6-8-22(15-21)17-37-18-30(3,4)29(34)35/h6-15H,16-18H2,1-5H3,(H,34,35). The molecule has 7 heteroatoms. The van der Waals surface area contributed by atoms with E-state index in [2.05, 4.69) is 4.57 Å². The average molecular weight is 501 g/mol. The summed E-state index contributed by atoms with van der Waals surface area (Å²) in [6, 6.07) is 19.0. The third kappa shape index (κ3) is 5.57. The van der Waals surface area contributed by atoms with E-state index in [9.17, 15) is 14.7 Å². The van der Waals surface area contributed by atoms with Gasteiger partial charge in [-0.1, -0.05) is 24.3 Å². The van der Waals surface area contributed by atoms with E-state index in [4.69, 9.17) is 14.5 Å². The Labute approximate surface area is 216 Å². The molecule has 0 aliphatic rings. The summed E-state index contributed by atoms with van der Waals surface area (Å²) in [4.78, 5) is 29.7. The Bertz CT molecular complexity index is 1450. The molecule has 1 N–H and O–H groups in total. The van der Waals surface area contributed by atoms with Gasteiger partial charge in [0.25, 0.3) is 0 Å². The number of aromatic nitrogens is 2. The van der Waals surface area contributed by atoms with Gasteiger partial charge in [-0.25, -0.2) is 4.98 Å². The third-order valence-electron chi connectivity index (χ3n) is 6.53. The van der Waals surface area contributed by atoms with Gasteiger partial charge >= 0.3 is 5.97 Å². The minimum Gasteiger partial charge on any atom is -0.497 e. The molecule has 0 fully saturated rings. The number of benzene rings is 2. The first-order valence-corrected chi connectivity index (χ1v) is 12.1. The highest BCUT2D eigenvalue weighted by Crippen LogP contribution is 2.29. The number of aliphatic carboxylic acids is 1. The van der Waals surface area contributed by atoms with Gasteiger partial charge in [-0.3, -0.25) is 9.59 Å². The van der Waals surface area contributed by atoms with Gasteiger partial charge in [0.15, 0.2) is 5.78 Å². The van der Waals surface area contributed by atoms with Crippen LogP contribution in [-0.4, -0.2) is 40.1 Å². The number of hydrogen-bond donors (Lipinski definition) is 1. The minimum absolute atomic E-state index is 0.0576. The van der Waals surface area contributed by atoms with Gasteiger partial charge in [0.05, 0.1) is 31.3 Å². The summed E-state index contributed by atoms with van der Waals surface area (Å²) in [5.41, 5.74) is 4.75. The average Bonchev–Trinajstić information content (AvgIpc) is 3.14. The molecule has 0 amide bonds. The largest absolute Gasteiger partial charge is 0.497 e. The number of carbonyl (C=O) groups excluding carboxylic acids is 1. The molecule has 2 aromatic carbocycles. The van der Waals surface area contributed by atoms with Crippen LogP contribution in [0.15, 0.2) is 60.7 Å². The van der Waals surface area contributed by atoms with Gasteiger partial charge in [0.2, 0.25) is 0 Å². The normalized spacial score (nSPS) is 11.6. The number of carboxylic acids is 1. The van der Waals surface area contributed by atoms with Gasteiger partial charge in [0.1, 0.15) is 11.4 Å². The summed E-state index contributed by atoms with van der Waals surface area (Å²) >= 11 is 0. The molecule has 0 bridgehead atoms. The van der Waals surface area contributed by atoms with Crippen molar-refractivity contribution in [3.8, 4) is 5.75 Å². The molecule has 0 spiro atoms. The highest BCUT2D eigenvalue weighted by atomic mass is 16.5. The maximum atomic E-state index is 13.6. The molecule has 192 valence electrons. The molecule has 2 aromatic heterocycles. The molecule has 0 unspecified atom stereocenters. The maximum absolute atomic E-state index is 13.6. The Balaban J connectivity index is 1.64. The fourth-order valence-electron chi connectivity index (χ4n) is 4.29. The predicted octanol–water partition coefficient (Wildman–Crippen LogP) is 5.57. The smallest absolute Gasteiger partial charge is 0.311 e. The number of ketones is 1. The lowest BCUT2D eigenvalue weighted by Gasteiger charge is -2.19. The highest BCUT2D eigenvalue weighted by Gasteiger charge is 2.27. The molecular formula is C30H32N2O5. The summed E-state index contributed by atoms with van der Waals surface area (Å²) < 4.78 is 13.0. The molecule has 0 atom stereocenters. The number of nitrogens with zero attached hydrogens (tertiary/aromatic N) is 2. The van der Waals surface area contributed by atoms with E-state index in [1.807, 2.05) is 50.2 Å². The Morgan fingerprint density at radius 2 is 1.70 bits per heavy atom. The van der Waals surface area contributed by atoms with Crippen LogP contribution in [0.2, 0.25) is 0 Å². The van der Waals surface area contributed by atoms with Crippen LogP contribution in [-0.2, 0) is 22.7 Å². The van der Waals surface area contributed by atoms with Crippen LogP contribution in [0.3, 0.4) is 0 Å². The van der Waals surface area contributed by atoms with Gasteiger partial charge in [-0.05, 0) is 75.2 Å². The zero-order chi connectivity index (χ0) is 26.7. The van der Waals surface area contributed by atoms with E-state index < -0.39 is 11.4 Å². The monoisotopic (exact) mass is 500 g/mol. The lowest BCUT2D eigenvalue weighted by Crippen LogP contribution is -2.29. The van der Waals surface area contributed by atoms with Gasteiger partial charge in [-0.2, -0.15) is 0 Å². The Morgan fingerprint density at radius 1 is 1.00 bits per heavy atom. The lowest BCUT2D eigenvalue weighted by atomic mass is 9.95. The van der Waals surface area contributed by atoms with Crippen LogP contribution in [0.5, 0.6) is 5.75 Å². The van der Waals surface area contributed by atoms with E-state index in [1.54, 1.807) is 45.2 Å². The number of pyridine rings is 1. The Kier molecular flexibility index (Phi) is 7.45. The number of fused-ring (bicyclic) bond motifs is 1. The second-order valence-electron chi connectivity index (χ2n) is 9.93. The SMILES string of the molecule is COc1ccc(C(=O)c2c(C)n(Cc3cccc(COCC(C)(C)C(=O)O)c3)c3nc(C)ccc23)cc1. The molecule has 4 aromatic rings. The molecule has 4 rings (SSSR count). The van der Waals surface area contributed by atoms with Crippen LogP contribution < -0.4 is 4.74 Å². The molecule has 0 saturated carbocycles. The number of carboxylic acid groups (broad SMARTS) is 1. The summed E-state index contributed by atoms with van der Waals surface area (Å²) in [6.07, 6.45) is 0. The van der Waals surface area contributed by atoms with Crippen molar-refractivity contribution in [1.29, 1.82) is 0 Å². The highest BCUT2D eigenvalue weighted by molar-refractivity contribution is 6.17. The summed E-state index contributed by atoms with van der Waals surface area (Å²) in [5, 5.41) is 10.1. The summed E-state index contributed by atoms with van der Waals surface area (Å²) in [5.74, 6) is -0.250. The zero-order valence-corrected chi connectivity index (χ0v) is 21.9. The zero-order valence-electron chi connectivity index (χ0n) is 21.9. The Hall–Kier alpha value is -3.97. The Morgan fingerprint density at radius 3 is 2.38 bits per heavy atom. The lowest BCUT2D eigenvalue weighted by molar-refractivity contribution is -0.150. The van der Waals surface area contributed by atoms with Crippen molar-refractivity contribution < 1.29 is 24.2 Å². The third-order valence-corrected chi connectivity index (χ3v) is 6.53. The first-order valence-electron chi connectivity index (χ1n) is 12.1. The quantitative estimate of drug-likeness (QED) is 0.286. The number of rotatable bonds is 10. The molecule has 2 heterocycles. The van der Waals surface area contributed by atoms with Crippen LogP contribution in [0.4, 0.5) is 0 Å². The van der Waals surface area contributed by atoms with Crippen molar-refractivity contribution in [3.63, 3.8) is 0 Å². The second-order valence-corrected chi connectivity index (χ2v) is 9.93. The van der Waals surface area contributed by atoms with Crippen molar-refractivity contribution in [1.82, 2.24) is 9.55 Å². The second kappa shape index (κ2) is 10.6. The van der Waals surface area contributed by atoms with Gasteiger partial charge in [0, 0.05) is 28.9 Å². The fraction of sp³-hybridized carbons (Fsp3) is 0.300. The van der Waals surface area contributed by atoms with Crippen LogP contribution in [0.1, 0.15) is 52.3 Å². The first-order chi connectivity index (χ1) is 17.6. The van der Waals surface area contributed by atoms with Crippen molar-refractivity contribution in [2.45, 2.75) is 40.8 Å². The van der Waals surface area contributed by atoms with Gasteiger partial charge in [-0.15, -0.1) is 0 Å². The molecular weight excluding hydrogens is 468 g/mol. The first kappa shape index (κ1) is 26.1. The summed E-state index contributed by atoms with van der Waals surface area (Å²) in [7, 11) is 1.60. The minimum atomic E-state index is -0.949. The van der Waals surface area contributed by atoms with Crippen LogP contribution >= 0.6 is 0 Å². The van der Waals surface area contributed by atoms with Crippen LogP contribution in [0, 0.1) is 19.3 Å². The molecule has 0 aliphatic heterocycles. The number of ether oxygens (including phenoxy) is 2. The van der Waals surface area contributed by atoms with Crippen LogP contribution in [0.25, 0.3) is 11.0 Å². The van der Waals surface area contributed by atoms with Gasteiger partial charge < -0.3 is 19.1 Å². The van der Waals surface area contributed by atoms with Crippen molar-refractivity contribution in [2.24, 2.45) is 5.41 Å².